The minimum atomic E-state index is -0.805. The van der Waals surface area contributed by atoms with Gasteiger partial charge in [-0.2, -0.15) is 0 Å². The highest BCUT2D eigenvalue weighted by molar-refractivity contribution is 5.84. The summed E-state index contributed by atoms with van der Waals surface area (Å²) in [6.45, 7) is 0. The Kier molecular flexibility index (Phi) is 3.68. The van der Waals surface area contributed by atoms with Gasteiger partial charge in [0.1, 0.15) is 6.04 Å². The molecule has 0 radical (unpaired) electrons. The van der Waals surface area contributed by atoms with E-state index in [2.05, 4.69) is 5.32 Å². The lowest BCUT2D eigenvalue weighted by Crippen LogP contribution is -2.49. The maximum atomic E-state index is 12.3. The van der Waals surface area contributed by atoms with Gasteiger partial charge in [0.2, 0.25) is 5.91 Å². The first-order valence-corrected chi connectivity index (χ1v) is 7.41. The van der Waals surface area contributed by atoms with Gasteiger partial charge in [0.25, 0.3) is 0 Å². The van der Waals surface area contributed by atoms with Crippen LogP contribution in [0, 0.1) is 17.8 Å². The van der Waals surface area contributed by atoms with Crippen LogP contribution in [0.3, 0.4) is 0 Å². The summed E-state index contributed by atoms with van der Waals surface area (Å²) in [5, 5.41) is 12.3. The molecule has 5 heteroatoms. The lowest BCUT2D eigenvalue weighted by Gasteiger charge is -2.29. The molecule has 5 atom stereocenters. The molecular weight excluding hydrogens is 268 g/mol. The van der Waals surface area contributed by atoms with E-state index in [1.807, 2.05) is 18.2 Å². The van der Waals surface area contributed by atoms with Crippen LogP contribution >= 0.6 is 0 Å². The number of amides is 1. The second-order valence-corrected chi connectivity index (χ2v) is 6.12. The van der Waals surface area contributed by atoms with Crippen LogP contribution < -0.4 is 11.1 Å². The largest absolute Gasteiger partial charge is 0.481 e. The minimum absolute atomic E-state index is 0.200. The van der Waals surface area contributed by atoms with Gasteiger partial charge in [-0.05, 0) is 36.7 Å². The highest BCUT2D eigenvalue weighted by atomic mass is 16.4. The first kappa shape index (κ1) is 14.1. The summed E-state index contributed by atoms with van der Waals surface area (Å²) in [5.74, 6) is -1.07. The number of fused-ring (bicyclic) bond motifs is 2. The van der Waals surface area contributed by atoms with Crippen LogP contribution in [0.1, 0.15) is 30.9 Å². The van der Waals surface area contributed by atoms with E-state index in [1.54, 1.807) is 12.1 Å². The number of carboxylic acid groups (broad SMARTS) is 1. The van der Waals surface area contributed by atoms with E-state index in [4.69, 9.17) is 5.73 Å². The molecule has 2 aliphatic carbocycles. The maximum Gasteiger partial charge on any atom is 0.308 e. The molecule has 0 aliphatic heterocycles. The van der Waals surface area contributed by atoms with E-state index in [0.29, 0.717) is 0 Å². The summed E-state index contributed by atoms with van der Waals surface area (Å²) >= 11 is 0. The van der Waals surface area contributed by atoms with Crippen molar-refractivity contribution in [1.82, 2.24) is 5.32 Å². The summed E-state index contributed by atoms with van der Waals surface area (Å²) in [6, 6.07) is 8.12. The number of nitrogens with one attached hydrogen (secondary N) is 1. The van der Waals surface area contributed by atoms with Crippen molar-refractivity contribution in [2.24, 2.45) is 23.5 Å². The van der Waals surface area contributed by atoms with Crippen molar-refractivity contribution >= 4 is 11.9 Å². The van der Waals surface area contributed by atoms with E-state index < -0.39 is 17.9 Å². The van der Waals surface area contributed by atoms with Crippen molar-refractivity contribution in [3.63, 3.8) is 0 Å². The van der Waals surface area contributed by atoms with Gasteiger partial charge in [-0.15, -0.1) is 0 Å². The summed E-state index contributed by atoms with van der Waals surface area (Å²) in [4.78, 5) is 23.8. The lowest BCUT2D eigenvalue weighted by molar-refractivity contribution is -0.144. The number of hydrogen-bond donors (Lipinski definition) is 3. The quantitative estimate of drug-likeness (QED) is 0.778. The molecule has 5 nitrogen and oxygen atoms in total. The molecule has 0 heterocycles. The third-order valence-electron chi connectivity index (χ3n) is 4.95. The maximum absolute atomic E-state index is 12.3. The number of carbonyl (C=O) groups is 2. The Hall–Kier alpha value is -1.88. The fraction of sp³-hybridized carbons (Fsp3) is 0.500. The monoisotopic (exact) mass is 288 g/mol. The molecule has 1 amide bonds. The second-order valence-electron chi connectivity index (χ2n) is 6.12. The van der Waals surface area contributed by atoms with Crippen LogP contribution in [-0.2, 0) is 9.59 Å². The van der Waals surface area contributed by atoms with Gasteiger partial charge in [-0.3, -0.25) is 9.59 Å². The van der Waals surface area contributed by atoms with E-state index in [9.17, 15) is 14.7 Å². The molecule has 2 bridgehead atoms. The Morgan fingerprint density at radius 3 is 2.52 bits per heavy atom. The molecule has 3 rings (SSSR count). The number of hydrogen-bond acceptors (Lipinski definition) is 3. The predicted molar refractivity (Wildman–Crippen MR) is 77.3 cm³/mol. The van der Waals surface area contributed by atoms with Crippen molar-refractivity contribution in [2.75, 3.05) is 0 Å². The third kappa shape index (κ3) is 2.53. The molecule has 1 aromatic carbocycles. The molecular formula is C16H20N2O3. The SMILES string of the molecule is N[C@H](C(=O)NC1C2CCC(C2)C1C(=O)O)c1ccccc1. The average molecular weight is 288 g/mol. The summed E-state index contributed by atoms with van der Waals surface area (Å²) in [7, 11) is 0. The summed E-state index contributed by atoms with van der Waals surface area (Å²) < 4.78 is 0. The number of nitrogens with two attached hydrogens (primary N) is 1. The standard InChI is InChI=1S/C16H20N2O3/c17-13(9-4-2-1-3-5-9)15(19)18-14-11-7-6-10(8-11)12(14)16(20)21/h1-5,10-14H,6-8,17H2,(H,18,19)(H,20,21)/t10?,11?,12?,13-,14?/m0/s1. The van der Waals surface area contributed by atoms with Crippen LogP contribution in [0.15, 0.2) is 30.3 Å². The van der Waals surface area contributed by atoms with Crippen LogP contribution in [0.4, 0.5) is 0 Å². The first-order valence-electron chi connectivity index (χ1n) is 7.41. The zero-order chi connectivity index (χ0) is 15.0. The zero-order valence-electron chi connectivity index (χ0n) is 11.7. The Morgan fingerprint density at radius 2 is 1.86 bits per heavy atom. The molecule has 21 heavy (non-hydrogen) atoms. The van der Waals surface area contributed by atoms with Gasteiger partial charge in [0, 0.05) is 6.04 Å². The van der Waals surface area contributed by atoms with Crippen molar-refractivity contribution in [3.8, 4) is 0 Å². The number of carbonyl (C=O) groups excluding carboxylic acids is 1. The number of benzene rings is 1. The molecule has 2 saturated carbocycles. The van der Waals surface area contributed by atoms with E-state index in [0.717, 1.165) is 24.8 Å². The van der Waals surface area contributed by atoms with Gasteiger partial charge in [0.05, 0.1) is 5.92 Å². The molecule has 0 aromatic heterocycles. The molecule has 0 saturated heterocycles. The van der Waals surface area contributed by atoms with Crippen LogP contribution in [0.5, 0.6) is 0 Å². The lowest BCUT2D eigenvalue weighted by atomic mass is 9.84. The molecule has 2 aliphatic rings. The van der Waals surface area contributed by atoms with Crippen molar-refractivity contribution in [3.05, 3.63) is 35.9 Å². The molecule has 1 aromatic rings. The van der Waals surface area contributed by atoms with E-state index >= 15 is 0 Å². The van der Waals surface area contributed by atoms with E-state index in [1.165, 1.54) is 0 Å². The number of rotatable bonds is 4. The summed E-state index contributed by atoms with van der Waals surface area (Å²) in [6.07, 6.45) is 2.86. The molecule has 4 N–H and O–H groups in total. The van der Waals surface area contributed by atoms with Crippen molar-refractivity contribution < 1.29 is 14.7 Å². The molecule has 0 spiro atoms. The molecule has 112 valence electrons. The zero-order valence-corrected chi connectivity index (χ0v) is 11.7. The number of carboxylic acids is 1. The fourth-order valence-corrected chi connectivity index (χ4v) is 3.92. The highest BCUT2D eigenvalue weighted by Gasteiger charge is 2.51. The number of aliphatic carboxylic acids is 1. The molecule has 2 fully saturated rings. The normalized spacial score (nSPS) is 31.9. The first-order chi connectivity index (χ1) is 10.1. The summed E-state index contributed by atoms with van der Waals surface area (Å²) in [5.41, 5.74) is 6.72. The highest BCUT2D eigenvalue weighted by Crippen LogP contribution is 2.48. The fourth-order valence-electron chi connectivity index (χ4n) is 3.92. The van der Waals surface area contributed by atoms with E-state index in [-0.39, 0.29) is 23.8 Å². The van der Waals surface area contributed by atoms with Crippen LogP contribution in [0.25, 0.3) is 0 Å². The van der Waals surface area contributed by atoms with Gasteiger partial charge in [-0.1, -0.05) is 30.3 Å². The van der Waals surface area contributed by atoms with Gasteiger partial charge >= 0.3 is 5.97 Å². The Labute approximate surface area is 123 Å². The van der Waals surface area contributed by atoms with Crippen molar-refractivity contribution in [1.29, 1.82) is 0 Å². The van der Waals surface area contributed by atoms with Gasteiger partial charge in [-0.25, -0.2) is 0 Å². The van der Waals surface area contributed by atoms with Gasteiger partial charge in [0.15, 0.2) is 0 Å². The molecule has 4 unspecified atom stereocenters. The van der Waals surface area contributed by atoms with Crippen molar-refractivity contribution in [2.45, 2.75) is 31.3 Å². The Bertz CT molecular complexity index is 546. The Morgan fingerprint density at radius 1 is 1.19 bits per heavy atom. The van der Waals surface area contributed by atoms with Gasteiger partial charge < -0.3 is 16.2 Å². The topological polar surface area (TPSA) is 92.4 Å². The minimum Gasteiger partial charge on any atom is -0.481 e. The average Bonchev–Trinajstić information content (AvgIpc) is 3.08. The smallest absolute Gasteiger partial charge is 0.308 e. The predicted octanol–water partition coefficient (Wildman–Crippen LogP) is 1.30. The third-order valence-corrected chi connectivity index (χ3v) is 4.95. The Balaban J connectivity index is 1.71. The van der Waals surface area contributed by atoms with Crippen LogP contribution in [-0.4, -0.2) is 23.0 Å². The second kappa shape index (κ2) is 5.48. The van der Waals surface area contributed by atoms with Crippen LogP contribution in [0.2, 0.25) is 0 Å².